The summed E-state index contributed by atoms with van der Waals surface area (Å²) < 4.78 is 6.29. The van der Waals surface area contributed by atoms with Crippen molar-refractivity contribution in [1.82, 2.24) is 4.90 Å². The molecular formula is C15H23NO2. The van der Waals surface area contributed by atoms with Gasteiger partial charge in [-0.05, 0) is 32.6 Å². The Labute approximate surface area is 109 Å². The van der Waals surface area contributed by atoms with E-state index in [1.165, 1.54) is 0 Å². The molecule has 0 aromatic rings. The lowest BCUT2D eigenvalue weighted by Gasteiger charge is -2.36. The van der Waals surface area contributed by atoms with Gasteiger partial charge in [-0.25, -0.2) is 0 Å². The van der Waals surface area contributed by atoms with Crippen molar-refractivity contribution in [2.45, 2.75) is 52.4 Å². The van der Waals surface area contributed by atoms with Gasteiger partial charge in [-0.2, -0.15) is 0 Å². The number of fused-ring (bicyclic) bond motifs is 3. The molecule has 0 spiro atoms. The maximum Gasteiger partial charge on any atom is 0.231 e. The molecule has 1 amide bonds. The molecule has 0 saturated carbocycles. The third-order valence-corrected chi connectivity index (χ3v) is 5.19. The molecule has 0 radical (unpaired) electrons. The molecule has 0 bridgehead atoms. The Morgan fingerprint density at radius 1 is 1.44 bits per heavy atom. The molecule has 100 valence electrons. The van der Waals surface area contributed by atoms with Crippen molar-refractivity contribution in [3.05, 3.63) is 12.2 Å². The molecule has 2 fully saturated rings. The predicted octanol–water partition coefficient (Wildman–Crippen LogP) is 2.57. The third-order valence-electron chi connectivity index (χ3n) is 5.19. The first-order valence-corrected chi connectivity index (χ1v) is 7.06. The summed E-state index contributed by atoms with van der Waals surface area (Å²) in [7, 11) is 0. The lowest BCUT2D eigenvalue weighted by molar-refractivity contribution is -0.140. The maximum absolute atomic E-state index is 12.7. The van der Waals surface area contributed by atoms with Gasteiger partial charge < -0.3 is 9.64 Å². The number of nitrogens with zero attached hydrogens (tertiary/aromatic N) is 1. The van der Waals surface area contributed by atoms with Crippen LogP contribution in [0.5, 0.6) is 0 Å². The predicted molar refractivity (Wildman–Crippen MR) is 69.8 cm³/mol. The van der Waals surface area contributed by atoms with E-state index < -0.39 is 5.72 Å². The minimum Gasteiger partial charge on any atom is -0.350 e. The Kier molecular flexibility index (Phi) is 2.44. The van der Waals surface area contributed by atoms with Crippen molar-refractivity contribution in [3.63, 3.8) is 0 Å². The molecule has 3 heteroatoms. The van der Waals surface area contributed by atoms with Crippen LogP contribution in [0, 0.1) is 17.3 Å². The summed E-state index contributed by atoms with van der Waals surface area (Å²) in [6, 6.07) is 0. The van der Waals surface area contributed by atoms with Crippen LogP contribution >= 0.6 is 0 Å². The van der Waals surface area contributed by atoms with Gasteiger partial charge in [0.1, 0.15) is 5.72 Å². The monoisotopic (exact) mass is 249 g/mol. The smallest absolute Gasteiger partial charge is 0.231 e. The summed E-state index contributed by atoms with van der Waals surface area (Å²) in [4.78, 5) is 14.7. The van der Waals surface area contributed by atoms with Crippen LogP contribution in [0.25, 0.3) is 0 Å². The normalized spacial score (nSPS) is 46.7. The second-order valence-corrected chi connectivity index (χ2v) is 6.73. The van der Waals surface area contributed by atoms with E-state index in [0.29, 0.717) is 11.8 Å². The molecule has 2 heterocycles. The van der Waals surface area contributed by atoms with Gasteiger partial charge in [-0.1, -0.05) is 26.0 Å². The van der Waals surface area contributed by atoms with Crippen molar-refractivity contribution >= 4 is 5.91 Å². The van der Waals surface area contributed by atoms with Gasteiger partial charge in [0.05, 0.1) is 18.1 Å². The summed E-state index contributed by atoms with van der Waals surface area (Å²) in [5.41, 5.74) is -0.664. The highest BCUT2D eigenvalue weighted by Crippen LogP contribution is 2.56. The summed E-state index contributed by atoms with van der Waals surface area (Å²) >= 11 is 0. The van der Waals surface area contributed by atoms with Gasteiger partial charge >= 0.3 is 0 Å². The fourth-order valence-electron chi connectivity index (χ4n) is 3.94. The van der Waals surface area contributed by atoms with Crippen LogP contribution in [0.4, 0.5) is 0 Å². The van der Waals surface area contributed by atoms with Crippen LogP contribution in [0.1, 0.15) is 40.5 Å². The van der Waals surface area contributed by atoms with Crippen LogP contribution in [0.15, 0.2) is 12.2 Å². The van der Waals surface area contributed by atoms with E-state index in [9.17, 15) is 4.79 Å². The highest BCUT2D eigenvalue weighted by atomic mass is 16.5. The SMILES string of the molecule is CC(C)[C@@H]1CN2C(=O)[C@]3(C)CCC=C[C@@H]3[C@@]2(C)O1. The number of amides is 1. The van der Waals surface area contributed by atoms with E-state index in [-0.39, 0.29) is 17.4 Å². The summed E-state index contributed by atoms with van der Waals surface area (Å²) in [5, 5.41) is 0. The molecule has 3 aliphatic rings. The molecule has 0 N–H and O–H groups in total. The number of ether oxygens (including phenoxy) is 1. The molecule has 3 rings (SSSR count). The summed E-state index contributed by atoms with van der Waals surface area (Å²) in [6.45, 7) is 9.29. The Morgan fingerprint density at radius 2 is 2.17 bits per heavy atom. The van der Waals surface area contributed by atoms with Gasteiger partial charge in [0.15, 0.2) is 0 Å². The van der Waals surface area contributed by atoms with Gasteiger partial charge in [0.2, 0.25) is 5.91 Å². The summed E-state index contributed by atoms with van der Waals surface area (Å²) in [6.07, 6.45) is 6.56. The minimum atomic E-state index is -0.419. The third kappa shape index (κ3) is 1.31. The first-order valence-electron chi connectivity index (χ1n) is 7.06. The average Bonchev–Trinajstić information content (AvgIpc) is 2.73. The molecule has 2 saturated heterocycles. The fourth-order valence-corrected chi connectivity index (χ4v) is 3.94. The van der Waals surface area contributed by atoms with Gasteiger partial charge in [-0.3, -0.25) is 4.79 Å². The van der Waals surface area contributed by atoms with Crippen LogP contribution < -0.4 is 0 Å². The molecule has 0 aromatic heterocycles. The zero-order valence-electron chi connectivity index (χ0n) is 11.8. The summed E-state index contributed by atoms with van der Waals surface area (Å²) in [5.74, 6) is 0.955. The van der Waals surface area contributed by atoms with E-state index >= 15 is 0 Å². The average molecular weight is 249 g/mol. The quantitative estimate of drug-likeness (QED) is 0.668. The van der Waals surface area contributed by atoms with Gasteiger partial charge in [0, 0.05) is 5.92 Å². The molecule has 0 unspecified atom stereocenters. The van der Waals surface area contributed by atoms with Crippen molar-refractivity contribution in [3.8, 4) is 0 Å². The van der Waals surface area contributed by atoms with Crippen LogP contribution in [-0.2, 0) is 9.53 Å². The number of rotatable bonds is 1. The zero-order valence-corrected chi connectivity index (χ0v) is 11.8. The van der Waals surface area contributed by atoms with E-state index in [1.54, 1.807) is 0 Å². The number of allylic oxidation sites excluding steroid dienone is 1. The number of carbonyl (C=O) groups excluding carboxylic acids is 1. The number of carbonyl (C=O) groups is 1. The van der Waals surface area contributed by atoms with Crippen molar-refractivity contribution < 1.29 is 9.53 Å². The Balaban J connectivity index is 2.00. The topological polar surface area (TPSA) is 29.5 Å². The van der Waals surface area contributed by atoms with Gasteiger partial charge in [0.25, 0.3) is 0 Å². The molecular weight excluding hydrogens is 226 g/mol. The van der Waals surface area contributed by atoms with Crippen LogP contribution in [0.3, 0.4) is 0 Å². The van der Waals surface area contributed by atoms with Crippen LogP contribution in [0.2, 0.25) is 0 Å². The molecule has 3 nitrogen and oxygen atoms in total. The molecule has 2 aliphatic heterocycles. The van der Waals surface area contributed by atoms with Crippen molar-refractivity contribution in [1.29, 1.82) is 0 Å². The minimum absolute atomic E-state index is 0.179. The van der Waals surface area contributed by atoms with Gasteiger partial charge in [-0.15, -0.1) is 0 Å². The largest absolute Gasteiger partial charge is 0.350 e. The number of hydrogen-bond donors (Lipinski definition) is 0. The van der Waals surface area contributed by atoms with E-state index in [1.807, 2.05) is 4.90 Å². The standard InChI is InChI=1S/C15H23NO2/c1-10(2)11-9-16-13(17)14(3)8-6-5-7-12(14)15(16,4)18-11/h5,7,10-12H,6,8-9H2,1-4H3/t11-,12-,14+,15+/m0/s1. The maximum atomic E-state index is 12.7. The Morgan fingerprint density at radius 3 is 2.83 bits per heavy atom. The molecule has 18 heavy (non-hydrogen) atoms. The highest BCUT2D eigenvalue weighted by Gasteiger charge is 2.66. The second kappa shape index (κ2) is 3.60. The lowest BCUT2D eigenvalue weighted by Crippen LogP contribution is -2.42. The Hall–Kier alpha value is -0.830. The second-order valence-electron chi connectivity index (χ2n) is 6.73. The molecule has 1 aliphatic carbocycles. The van der Waals surface area contributed by atoms with Crippen molar-refractivity contribution in [2.75, 3.05) is 6.54 Å². The van der Waals surface area contributed by atoms with Crippen LogP contribution in [-0.4, -0.2) is 29.2 Å². The zero-order chi connectivity index (χ0) is 13.1. The first kappa shape index (κ1) is 12.2. The molecule has 4 atom stereocenters. The van der Waals surface area contributed by atoms with Crippen molar-refractivity contribution in [2.24, 2.45) is 17.3 Å². The van der Waals surface area contributed by atoms with E-state index in [4.69, 9.17) is 4.74 Å². The first-order chi connectivity index (χ1) is 8.39. The lowest BCUT2D eigenvalue weighted by atomic mass is 9.69. The highest BCUT2D eigenvalue weighted by molar-refractivity contribution is 5.87. The molecule has 0 aromatic carbocycles. The van der Waals surface area contributed by atoms with E-state index in [0.717, 1.165) is 19.4 Å². The fraction of sp³-hybridized carbons (Fsp3) is 0.800. The Bertz CT molecular complexity index is 417. The van der Waals surface area contributed by atoms with E-state index in [2.05, 4.69) is 39.8 Å². The number of hydrogen-bond acceptors (Lipinski definition) is 2.